The van der Waals surface area contributed by atoms with Gasteiger partial charge in [0.05, 0.1) is 28.3 Å². The number of nitrogens with zero attached hydrogens (tertiary/aromatic N) is 4. The van der Waals surface area contributed by atoms with Crippen molar-refractivity contribution >= 4 is 22.9 Å². The quantitative estimate of drug-likeness (QED) is 0.737. The Morgan fingerprint density at radius 1 is 1.27 bits per heavy atom. The summed E-state index contributed by atoms with van der Waals surface area (Å²) in [4.78, 5) is 31.1. The van der Waals surface area contributed by atoms with Gasteiger partial charge in [-0.05, 0) is 38.0 Å². The molecule has 26 heavy (non-hydrogen) atoms. The number of amides is 1. The third kappa shape index (κ3) is 3.51. The Hall–Kier alpha value is -2.96. The number of hydrogen-bond acceptors (Lipinski definition) is 5. The highest BCUT2D eigenvalue weighted by Gasteiger charge is 2.20. The van der Waals surface area contributed by atoms with Crippen LogP contribution in [0.3, 0.4) is 0 Å². The number of rotatable bonds is 5. The van der Waals surface area contributed by atoms with E-state index in [1.807, 2.05) is 47.0 Å². The Kier molecular flexibility index (Phi) is 4.88. The number of imidazole rings is 1. The highest BCUT2D eigenvalue weighted by Crippen LogP contribution is 2.20. The molecule has 0 spiro atoms. The van der Waals surface area contributed by atoms with Crippen LogP contribution in [0.1, 0.15) is 46.8 Å². The minimum absolute atomic E-state index is 0.198. The Balaban J connectivity index is 1.84. The van der Waals surface area contributed by atoms with Crippen molar-refractivity contribution in [1.82, 2.24) is 25.3 Å². The Morgan fingerprint density at radius 3 is 2.69 bits per heavy atom. The fourth-order valence-electron chi connectivity index (χ4n) is 2.80. The SMILES string of the molecule is CC[C@@H](NC(=O)c1cnc(N(C)C)nc1C)c1nc2ccc(C)cc2[nH]1. The van der Waals surface area contributed by atoms with Gasteiger partial charge in [-0.25, -0.2) is 15.0 Å². The molecule has 0 aliphatic rings. The zero-order chi connectivity index (χ0) is 18.8. The summed E-state index contributed by atoms with van der Waals surface area (Å²) in [5, 5.41) is 3.04. The van der Waals surface area contributed by atoms with Crippen molar-refractivity contribution in [2.24, 2.45) is 0 Å². The first-order valence-corrected chi connectivity index (χ1v) is 8.67. The summed E-state index contributed by atoms with van der Waals surface area (Å²) < 4.78 is 0. The van der Waals surface area contributed by atoms with Gasteiger partial charge in [0.1, 0.15) is 5.82 Å². The molecule has 3 rings (SSSR count). The number of nitrogens with one attached hydrogen (secondary N) is 2. The Morgan fingerprint density at radius 2 is 2.04 bits per heavy atom. The second-order valence-corrected chi connectivity index (χ2v) is 6.64. The van der Waals surface area contributed by atoms with Crippen LogP contribution in [-0.4, -0.2) is 39.9 Å². The molecule has 1 amide bonds. The minimum Gasteiger partial charge on any atom is -0.347 e. The van der Waals surface area contributed by atoms with E-state index in [9.17, 15) is 4.79 Å². The lowest BCUT2D eigenvalue weighted by Gasteiger charge is -2.16. The molecule has 1 aromatic carbocycles. The van der Waals surface area contributed by atoms with Crippen molar-refractivity contribution in [2.45, 2.75) is 33.2 Å². The van der Waals surface area contributed by atoms with Gasteiger partial charge in [0.2, 0.25) is 5.95 Å². The van der Waals surface area contributed by atoms with Gasteiger partial charge < -0.3 is 15.2 Å². The molecule has 1 atom stereocenters. The van der Waals surface area contributed by atoms with Gasteiger partial charge in [0.25, 0.3) is 5.91 Å². The van der Waals surface area contributed by atoms with Gasteiger partial charge in [-0.2, -0.15) is 0 Å². The van der Waals surface area contributed by atoms with Crippen LogP contribution in [-0.2, 0) is 0 Å². The van der Waals surface area contributed by atoms with Gasteiger partial charge in [-0.1, -0.05) is 13.0 Å². The first-order chi connectivity index (χ1) is 12.4. The number of carbonyl (C=O) groups is 1. The molecule has 7 nitrogen and oxygen atoms in total. The fourth-order valence-corrected chi connectivity index (χ4v) is 2.80. The lowest BCUT2D eigenvalue weighted by Crippen LogP contribution is -2.30. The summed E-state index contributed by atoms with van der Waals surface area (Å²) in [6, 6.07) is 5.86. The Labute approximate surface area is 152 Å². The van der Waals surface area contributed by atoms with Crippen molar-refractivity contribution in [3.05, 3.63) is 47.0 Å². The average Bonchev–Trinajstić information content (AvgIpc) is 3.01. The predicted molar refractivity (Wildman–Crippen MR) is 102 cm³/mol. The van der Waals surface area contributed by atoms with Gasteiger partial charge in [-0.3, -0.25) is 4.79 Å². The molecule has 0 radical (unpaired) electrons. The van der Waals surface area contributed by atoms with Crippen LogP contribution in [0.25, 0.3) is 11.0 Å². The smallest absolute Gasteiger partial charge is 0.255 e. The maximum absolute atomic E-state index is 12.7. The fraction of sp³-hybridized carbons (Fsp3) is 0.368. The topological polar surface area (TPSA) is 86.8 Å². The zero-order valence-corrected chi connectivity index (χ0v) is 15.8. The molecule has 0 fully saturated rings. The van der Waals surface area contributed by atoms with Crippen LogP contribution in [0, 0.1) is 13.8 Å². The molecule has 136 valence electrons. The van der Waals surface area contributed by atoms with E-state index in [4.69, 9.17) is 0 Å². The van der Waals surface area contributed by atoms with Crippen molar-refractivity contribution in [1.29, 1.82) is 0 Å². The van der Waals surface area contributed by atoms with E-state index < -0.39 is 0 Å². The first-order valence-electron chi connectivity index (χ1n) is 8.67. The summed E-state index contributed by atoms with van der Waals surface area (Å²) in [7, 11) is 3.73. The number of fused-ring (bicyclic) bond motifs is 1. The van der Waals surface area contributed by atoms with Crippen molar-refractivity contribution in [3.63, 3.8) is 0 Å². The molecule has 3 aromatic rings. The molecule has 0 saturated heterocycles. The largest absolute Gasteiger partial charge is 0.347 e. The van der Waals surface area contributed by atoms with Crippen molar-refractivity contribution in [2.75, 3.05) is 19.0 Å². The second kappa shape index (κ2) is 7.11. The van der Waals surface area contributed by atoms with Crippen LogP contribution in [0.2, 0.25) is 0 Å². The predicted octanol–water partition coefficient (Wildman–Crippen LogP) is 2.92. The number of aryl methyl sites for hydroxylation is 2. The van der Waals surface area contributed by atoms with Gasteiger partial charge in [0, 0.05) is 20.3 Å². The molecule has 2 aromatic heterocycles. The molecule has 2 N–H and O–H groups in total. The summed E-state index contributed by atoms with van der Waals surface area (Å²) in [5.74, 6) is 1.14. The average molecular weight is 352 g/mol. The molecular weight excluding hydrogens is 328 g/mol. The van der Waals surface area contributed by atoms with E-state index in [0.29, 0.717) is 17.2 Å². The number of carbonyl (C=O) groups excluding carboxylic acids is 1. The molecule has 0 saturated carbocycles. The maximum atomic E-state index is 12.7. The second-order valence-electron chi connectivity index (χ2n) is 6.64. The van der Waals surface area contributed by atoms with E-state index in [-0.39, 0.29) is 11.9 Å². The molecular formula is C19H24N6O. The highest BCUT2D eigenvalue weighted by atomic mass is 16.1. The molecule has 0 aliphatic carbocycles. The molecule has 0 aliphatic heterocycles. The van der Waals surface area contributed by atoms with Gasteiger partial charge in [-0.15, -0.1) is 0 Å². The van der Waals surface area contributed by atoms with E-state index in [1.165, 1.54) is 5.56 Å². The molecule has 0 unspecified atom stereocenters. The maximum Gasteiger partial charge on any atom is 0.255 e. The van der Waals surface area contributed by atoms with E-state index in [1.54, 1.807) is 11.1 Å². The normalized spacial score (nSPS) is 12.2. The van der Waals surface area contributed by atoms with Crippen LogP contribution in [0.15, 0.2) is 24.4 Å². The monoisotopic (exact) mass is 352 g/mol. The van der Waals surface area contributed by atoms with Crippen LogP contribution < -0.4 is 10.2 Å². The number of H-pyrrole nitrogens is 1. The van der Waals surface area contributed by atoms with Crippen LogP contribution in [0.4, 0.5) is 5.95 Å². The van der Waals surface area contributed by atoms with Crippen LogP contribution in [0.5, 0.6) is 0 Å². The van der Waals surface area contributed by atoms with E-state index in [2.05, 4.69) is 31.3 Å². The minimum atomic E-state index is -0.205. The van der Waals surface area contributed by atoms with Gasteiger partial charge in [0.15, 0.2) is 0 Å². The third-order valence-electron chi connectivity index (χ3n) is 4.31. The first kappa shape index (κ1) is 17.8. The number of aromatic amines is 1. The summed E-state index contributed by atoms with van der Waals surface area (Å²) >= 11 is 0. The highest BCUT2D eigenvalue weighted by molar-refractivity contribution is 5.95. The van der Waals surface area contributed by atoms with E-state index in [0.717, 1.165) is 23.3 Å². The lowest BCUT2D eigenvalue weighted by molar-refractivity contribution is 0.0932. The van der Waals surface area contributed by atoms with Crippen LogP contribution >= 0.6 is 0 Å². The van der Waals surface area contributed by atoms with Crippen molar-refractivity contribution in [3.8, 4) is 0 Å². The standard InChI is InChI=1S/C19H24N6O/c1-6-14(17-22-15-8-7-11(2)9-16(15)23-17)24-18(26)13-10-20-19(25(4)5)21-12(13)3/h7-10,14H,6H2,1-5H3,(H,22,23)(H,24,26)/t14-/m1/s1. The Bertz CT molecular complexity index is 946. The zero-order valence-electron chi connectivity index (χ0n) is 15.8. The number of anilines is 1. The molecule has 0 bridgehead atoms. The number of aromatic nitrogens is 4. The number of hydrogen-bond donors (Lipinski definition) is 2. The molecule has 2 heterocycles. The summed E-state index contributed by atoms with van der Waals surface area (Å²) in [6.07, 6.45) is 2.29. The van der Waals surface area contributed by atoms with Gasteiger partial charge >= 0.3 is 0 Å². The third-order valence-corrected chi connectivity index (χ3v) is 4.31. The summed E-state index contributed by atoms with van der Waals surface area (Å²) in [5.41, 5.74) is 4.16. The summed E-state index contributed by atoms with van der Waals surface area (Å²) in [6.45, 7) is 5.87. The van der Waals surface area contributed by atoms with E-state index >= 15 is 0 Å². The van der Waals surface area contributed by atoms with Crippen molar-refractivity contribution < 1.29 is 4.79 Å². The lowest BCUT2D eigenvalue weighted by atomic mass is 10.1. The number of benzene rings is 1. The molecule has 7 heteroatoms.